The molecule has 2 aromatic carbocycles. The highest BCUT2D eigenvalue weighted by atomic mass is 32.2. The van der Waals surface area contributed by atoms with E-state index in [-0.39, 0.29) is 16.0 Å². The molecule has 2 unspecified atom stereocenters. The Morgan fingerprint density at radius 2 is 2.07 bits per heavy atom. The molecule has 0 aliphatic heterocycles. The summed E-state index contributed by atoms with van der Waals surface area (Å²) in [7, 11) is -1.55. The van der Waals surface area contributed by atoms with E-state index in [0.29, 0.717) is 22.6 Å². The van der Waals surface area contributed by atoms with E-state index < -0.39 is 14.9 Å². The number of hydroxylamine groups is 1. The second-order valence-electron chi connectivity index (χ2n) is 7.98. The third-order valence-electron chi connectivity index (χ3n) is 6.44. The van der Waals surface area contributed by atoms with Crippen LogP contribution in [0.4, 0.5) is 11.4 Å². The molecule has 1 spiro atoms. The predicted molar refractivity (Wildman–Crippen MR) is 113 cm³/mol. The quantitative estimate of drug-likeness (QED) is 0.532. The first kappa shape index (κ1) is 20.8. The molecule has 1 saturated carbocycles. The standard InChI is InChI=1S/C21H25N3O5S/c1-23(29-2)30(27,28)20-12-17(24(25)26)9-10-19(20)22-14-16-13-21(16)11-5-7-15-6-3-4-8-18(15)21/h3-4,6,8-10,12,16,22H,5,7,11,13-14H2,1-2H3. The third kappa shape index (κ3) is 3.46. The zero-order valence-electron chi connectivity index (χ0n) is 17.0. The molecule has 2 aliphatic rings. The largest absolute Gasteiger partial charge is 0.384 e. The molecular formula is C21H25N3O5S. The summed E-state index contributed by atoms with van der Waals surface area (Å²) in [6, 6.07) is 12.4. The lowest BCUT2D eigenvalue weighted by Crippen LogP contribution is -2.27. The molecular weight excluding hydrogens is 406 g/mol. The number of fused-ring (bicyclic) bond motifs is 2. The van der Waals surface area contributed by atoms with Crippen molar-refractivity contribution in [3.05, 3.63) is 63.7 Å². The molecule has 2 atom stereocenters. The SMILES string of the molecule is CON(C)S(=O)(=O)c1cc([N+](=O)[O-])ccc1NCC1CC12CCCc1ccccc12. The molecule has 0 bridgehead atoms. The van der Waals surface area contributed by atoms with E-state index in [9.17, 15) is 18.5 Å². The van der Waals surface area contributed by atoms with Crippen LogP contribution in [-0.4, -0.2) is 38.5 Å². The van der Waals surface area contributed by atoms with Gasteiger partial charge < -0.3 is 5.32 Å². The smallest absolute Gasteiger partial charge is 0.270 e. The van der Waals surface area contributed by atoms with Crippen molar-refractivity contribution in [2.24, 2.45) is 5.92 Å². The summed E-state index contributed by atoms with van der Waals surface area (Å²) < 4.78 is 26.3. The first-order chi connectivity index (χ1) is 14.3. The zero-order valence-corrected chi connectivity index (χ0v) is 17.8. The van der Waals surface area contributed by atoms with Crippen LogP contribution in [0.15, 0.2) is 47.4 Å². The van der Waals surface area contributed by atoms with Gasteiger partial charge in [0.25, 0.3) is 15.7 Å². The number of benzene rings is 2. The monoisotopic (exact) mass is 431 g/mol. The maximum atomic E-state index is 12.8. The number of nitro groups is 1. The van der Waals surface area contributed by atoms with Crippen molar-refractivity contribution in [2.75, 3.05) is 26.0 Å². The summed E-state index contributed by atoms with van der Waals surface area (Å²) in [5.41, 5.74) is 3.04. The molecule has 0 radical (unpaired) electrons. The maximum absolute atomic E-state index is 12.8. The van der Waals surface area contributed by atoms with Crippen LogP contribution in [0.3, 0.4) is 0 Å². The van der Waals surface area contributed by atoms with Crippen molar-refractivity contribution in [3.8, 4) is 0 Å². The fourth-order valence-corrected chi connectivity index (χ4v) is 5.85. The Labute approximate surface area is 176 Å². The first-order valence-corrected chi connectivity index (χ1v) is 11.4. The van der Waals surface area contributed by atoms with Crippen LogP contribution in [0.25, 0.3) is 0 Å². The van der Waals surface area contributed by atoms with E-state index in [1.54, 1.807) is 0 Å². The van der Waals surface area contributed by atoms with Crippen LogP contribution in [-0.2, 0) is 26.7 Å². The highest BCUT2D eigenvalue weighted by Gasteiger charge is 2.56. The molecule has 0 heterocycles. The minimum Gasteiger partial charge on any atom is -0.384 e. The van der Waals surface area contributed by atoms with E-state index in [2.05, 4.69) is 29.6 Å². The number of rotatable bonds is 7. The molecule has 1 N–H and O–H groups in total. The molecule has 2 aromatic rings. The van der Waals surface area contributed by atoms with Gasteiger partial charge >= 0.3 is 0 Å². The molecule has 9 heteroatoms. The Bertz CT molecular complexity index is 1090. The van der Waals surface area contributed by atoms with E-state index >= 15 is 0 Å². The van der Waals surface area contributed by atoms with Gasteiger partial charge in [-0.25, -0.2) is 8.42 Å². The number of hydrogen-bond acceptors (Lipinski definition) is 6. The Morgan fingerprint density at radius 1 is 1.30 bits per heavy atom. The number of anilines is 1. The van der Waals surface area contributed by atoms with Crippen LogP contribution >= 0.6 is 0 Å². The van der Waals surface area contributed by atoms with Gasteiger partial charge in [-0.05, 0) is 48.8 Å². The van der Waals surface area contributed by atoms with Crippen molar-refractivity contribution < 1.29 is 18.2 Å². The Kier molecular flexibility index (Phi) is 5.29. The van der Waals surface area contributed by atoms with Gasteiger partial charge in [0, 0.05) is 31.1 Å². The van der Waals surface area contributed by atoms with Crippen molar-refractivity contribution in [2.45, 2.75) is 36.0 Å². The van der Waals surface area contributed by atoms with Gasteiger partial charge in [0.2, 0.25) is 0 Å². The fourth-order valence-electron chi connectivity index (χ4n) is 4.69. The average Bonchev–Trinajstić information content (AvgIpc) is 3.44. The zero-order chi connectivity index (χ0) is 21.5. The van der Waals surface area contributed by atoms with Crippen LogP contribution in [0, 0.1) is 16.0 Å². The molecule has 1 fully saturated rings. The molecule has 4 rings (SSSR count). The summed E-state index contributed by atoms with van der Waals surface area (Å²) in [5, 5.41) is 14.4. The van der Waals surface area contributed by atoms with Gasteiger partial charge in [0.05, 0.1) is 17.7 Å². The first-order valence-electron chi connectivity index (χ1n) is 9.93. The second-order valence-corrected chi connectivity index (χ2v) is 9.89. The number of non-ortho nitro benzene ring substituents is 1. The number of nitro benzene ring substituents is 1. The topological polar surface area (TPSA) is 102 Å². The second kappa shape index (κ2) is 7.64. The van der Waals surface area contributed by atoms with E-state index in [0.717, 1.165) is 31.7 Å². The fraction of sp³-hybridized carbons (Fsp3) is 0.429. The Hall–Kier alpha value is -2.49. The van der Waals surface area contributed by atoms with Gasteiger partial charge in [0.15, 0.2) is 0 Å². The molecule has 30 heavy (non-hydrogen) atoms. The van der Waals surface area contributed by atoms with Crippen LogP contribution < -0.4 is 5.32 Å². The molecule has 2 aliphatic carbocycles. The number of hydrogen-bond donors (Lipinski definition) is 1. The minimum absolute atomic E-state index is 0.158. The van der Waals surface area contributed by atoms with Gasteiger partial charge in [-0.1, -0.05) is 28.7 Å². The summed E-state index contributed by atoms with van der Waals surface area (Å²) in [6.07, 6.45) is 4.45. The molecule has 0 aromatic heterocycles. The van der Waals surface area contributed by atoms with Gasteiger partial charge in [-0.3, -0.25) is 15.0 Å². The lowest BCUT2D eigenvalue weighted by molar-refractivity contribution is -0.385. The summed E-state index contributed by atoms with van der Waals surface area (Å²) >= 11 is 0. The minimum atomic E-state index is -4.04. The summed E-state index contributed by atoms with van der Waals surface area (Å²) in [4.78, 5) is 15.2. The number of nitrogens with zero attached hydrogens (tertiary/aromatic N) is 2. The van der Waals surface area contributed by atoms with Crippen LogP contribution in [0.1, 0.15) is 30.4 Å². The number of sulfonamides is 1. The molecule has 160 valence electrons. The molecule has 0 amide bonds. The van der Waals surface area contributed by atoms with Gasteiger partial charge in [-0.15, -0.1) is 0 Å². The normalized spacial score (nSPS) is 22.7. The Balaban J connectivity index is 1.59. The van der Waals surface area contributed by atoms with Gasteiger partial charge in [-0.2, -0.15) is 0 Å². The number of nitrogens with one attached hydrogen (secondary N) is 1. The molecule has 0 saturated heterocycles. The van der Waals surface area contributed by atoms with E-state index in [4.69, 9.17) is 4.84 Å². The van der Waals surface area contributed by atoms with E-state index in [1.807, 2.05) is 0 Å². The summed E-state index contributed by atoms with van der Waals surface area (Å²) in [5.74, 6) is 0.393. The van der Waals surface area contributed by atoms with Crippen molar-refractivity contribution in [1.82, 2.24) is 4.47 Å². The Morgan fingerprint density at radius 3 is 2.80 bits per heavy atom. The number of aryl methyl sites for hydroxylation is 1. The van der Waals surface area contributed by atoms with Crippen molar-refractivity contribution >= 4 is 21.4 Å². The van der Waals surface area contributed by atoms with E-state index in [1.165, 1.54) is 37.4 Å². The van der Waals surface area contributed by atoms with Gasteiger partial charge in [0.1, 0.15) is 4.90 Å². The lowest BCUT2D eigenvalue weighted by Gasteiger charge is -2.27. The average molecular weight is 432 g/mol. The highest BCUT2D eigenvalue weighted by Crippen LogP contribution is 2.60. The van der Waals surface area contributed by atoms with Crippen LogP contribution in [0.5, 0.6) is 0 Å². The predicted octanol–water partition coefficient (Wildman–Crippen LogP) is 3.48. The third-order valence-corrected chi connectivity index (χ3v) is 8.16. The molecule has 8 nitrogen and oxygen atoms in total. The van der Waals surface area contributed by atoms with Crippen molar-refractivity contribution in [3.63, 3.8) is 0 Å². The lowest BCUT2D eigenvalue weighted by atomic mass is 9.78. The van der Waals surface area contributed by atoms with Crippen molar-refractivity contribution in [1.29, 1.82) is 0 Å². The highest BCUT2D eigenvalue weighted by molar-refractivity contribution is 7.89. The van der Waals surface area contributed by atoms with Crippen LogP contribution in [0.2, 0.25) is 0 Å². The summed E-state index contributed by atoms with van der Waals surface area (Å²) in [6.45, 7) is 0.603. The maximum Gasteiger partial charge on any atom is 0.270 e.